The highest BCUT2D eigenvalue weighted by molar-refractivity contribution is 4.75. The zero-order chi connectivity index (χ0) is 7.94. The standard InChI is InChI=1S/C6H12N4O/c7-2-1-3-8-4-6-9-5-11-10-6/h5,8H,1-4,7H2. The molecule has 3 N–H and O–H groups in total. The lowest BCUT2D eigenvalue weighted by Gasteiger charge is -1.97. The molecular weight excluding hydrogens is 144 g/mol. The van der Waals surface area contributed by atoms with Gasteiger partial charge in [0.2, 0.25) is 6.39 Å². The van der Waals surface area contributed by atoms with Crippen molar-refractivity contribution in [3.8, 4) is 0 Å². The van der Waals surface area contributed by atoms with Crippen molar-refractivity contribution in [1.82, 2.24) is 15.5 Å². The van der Waals surface area contributed by atoms with Crippen LogP contribution in [-0.2, 0) is 6.54 Å². The van der Waals surface area contributed by atoms with E-state index in [9.17, 15) is 0 Å². The summed E-state index contributed by atoms with van der Waals surface area (Å²) >= 11 is 0. The number of nitrogens with two attached hydrogens (primary N) is 1. The number of hydrogen-bond acceptors (Lipinski definition) is 5. The fourth-order valence-electron chi connectivity index (χ4n) is 0.698. The van der Waals surface area contributed by atoms with Gasteiger partial charge in [0.15, 0.2) is 5.82 Å². The van der Waals surface area contributed by atoms with Gasteiger partial charge in [-0.25, -0.2) is 0 Å². The molecule has 0 amide bonds. The molecule has 0 spiro atoms. The van der Waals surface area contributed by atoms with E-state index in [1.165, 1.54) is 6.39 Å². The van der Waals surface area contributed by atoms with Crippen LogP contribution in [0.4, 0.5) is 0 Å². The third-order valence-electron chi connectivity index (χ3n) is 1.25. The lowest BCUT2D eigenvalue weighted by Crippen LogP contribution is -2.18. The van der Waals surface area contributed by atoms with Gasteiger partial charge in [-0.1, -0.05) is 5.16 Å². The molecule has 1 heterocycles. The van der Waals surface area contributed by atoms with Crippen molar-refractivity contribution in [1.29, 1.82) is 0 Å². The summed E-state index contributed by atoms with van der Waals surface area (Å²) in [5, 5.41) is 6.76. The second-order valence-electron chi connectivity index (χ2n) is 2.17. The van der Waals surface area contributed by atoms with Gasteiger partial charge >= 0.3 is 0 Å². The van der Waals surface area contributed by atoms with Crippen LogP contribution < -0.4 is 11.1 Å². The summed E-state index contributed by atoms with van der Waals surface area (Å²) in [6.45, 7) is 2.25. The Bertz CT molecular complexity index is 175. The Labute approximate surface area is 65.0 Å². The molecule has 0 bridgehead atoms. The first-order valence-electron chi connectivity index (χ1n) is 3.59. The molecule has 5 nitrogen and oxygen atoms in total. The average Bonchev–Trinajstić information content (AvgIpc) is 2.50. The fraction of sp³-hybridized carbons (Fsp3) is 0.667. The fourth-order valence-corrected chi connectivity index (χ4v) is 0.698. The highest BCUT2D eigenvalue weighted by Crippen LogP contribution is 1.85. The van der Waals surface area contributed by atoms with Crippen molar-refractivity contribution < 1.29 is 4.52 Å². The monoisotopic (exact) mass is 156 g/mol. The first kappa shape index (κ1) is 8.16. The van der Waals surface area contributed by atoms with Crippen LogP contribution in [0.5, 0.6) is 0 Å². The summed E-state index contributed by atoms with van der Waals surface area (Å²) in [4.78, 5) is 3.84. The number of aromatic nitrogens is 2. The Kier molecular flexibility index (Phi) is 3.57. The third-order valence-corrected chi connectivity index (χ3v) is 1.25. The number of hydrogen-bond donors (Lipinski definition) is 2. The van der Waals surface area contributed by atoms with E-state index in [2.05, 4.69) is 20.0 Å². The zero-order valence-electron chi connectivity index (χ0n) is 6.29. The first-order valence-corrected chi connectivity index (χ1v) is 3.59. The molecule has 0 saturated heterocycles. The van der Waals surface area contributed by atoms with Crippen LogP contribution in [0.1, 0.15) is 12.2 Å². The molecule has 0 aliphatic carbocycles. The topological polar surface area (TPSA) is 77.0 Å². The van der Waals surface area contributed by atoms with Gasteiger partial charge < -0.3 is 15.6 Å². The molecule has 0 unspecified atom stereocenters. The highest BCUT2D eigenvalue weighted by atomic mass is 16.5. The van der Waals surface area contributed by atoms with Gasteiger partial charge in [-0.15, -0.1) is 0 Å². The highest BCUT2D eigenvalue weighted by Gasteiger charge is 1.94. The molecule has 0 aliphatic rings. The van der Waals surface area contributed by atoms with Gasteiger partial charge in [0.1, 0.15) is 0 Å². The molecular formula is C6H12N4O. The van der Waals surface area contributed by atoms with Gasteiger partial charge in [0, 0.05) is 0 Å². The van der Waals surface area contributed by atoms with Crippen LogP contribution in [0, 0.1) is 0 Å². The molecule has 0 saturated carbocycles. The Morgan fingerprint density at radius 2 is 2.55 bits per heavy atom. The second kappa shape index (κ2) is 4.81. The van der Waals surface area contributed by atoms with Crippen LogP contribution in [0.3, 0.4) is 0 Å². The third kappa shape index (κ3) is 3.10. The minimum atomic E-state index is 0.649. The summed E-state index contributed by atoms with van der Waals surface area (Å²) in [6.07, 6.45) is 2.29. The van der Waals surface area contributed by atoms with Crippen LogP contribution in [0.2, 0.25) is 0 Å². The number of nitrogens with zero attached hydrogens (tertiary/aromatic N) is 2. The lowest BCUT2D eigenvalue weighted by molar-refractivity contribution is 0.407. The maximum absolute atomic E-state index is 5.30. The Morgan fingerprint density at radius 3 is 3.18 bits per heavy atom. The van der Waals surface area contributed by atoms with E-state index in [1.54, 1.807) is 0 Å². The average molecular weight is 156 g/mol. The molecule has 1 rings (SSSR count). The summed E-state index contributed by atoms with van der Waals surface area (Å²) in [7, 11) is 0. The van der Waals surface area contributed by atoms with E-state index < -0.39 is 0 Å². The Morgan fingerprint density at radius 1 is 1.64 bits per heavy atom. The molecule has 62 valence electrons. The number of rotatable bonds is 5. The first-order chi connectivity index (χ1) is 5.43. The minimum Gasteiger partial charge on any atom is -0.343 e. The van der Waals surface area contributed by atoms with E-state index >= 15 is 0 Å². The van der Waals surface area contributed by atoms with E-state index in [0.29, 0.717) is 18.9 Å². The largest absolute Gasteiger partial charge is 0.343 e. The van der Waals surface area contributed by atoms with Crippen molar-refractivity contribution in [3.63, 3.8) is 0 Å². The Hall–Kier alpha value is -0.940. The molecule has 0 radical (unpaired) electrons. The van der Waals surface area contributed by atoms with E-state index in [0.717, 1.165) is 13.0 Å². The van der Waals surface area contributed by atoms with Crippen molar-refractivity contribution in [2.24, 2.45) is 5.73 Å². The Balaban J connectivity index is 2.04. The molecule has 1 aromatic rings. The van der Waals surface area contributed by atoms with Crippen LogP contribution in [-0.4, -0.2) is 23.2 Å². The smallest absolute Gasteiger partial charge is 0.213 e. The van der Waals surface area contributed by atoms with Gasteiger partial charge in [0.05, 0.1) is 6.54 Å². The minimum absolute atomic E-state index is 0.649. The molecule has 0 fully saturated rings. The van der Waals surface area contributed by atoms with Crippen molar-refractivity contribution in [2.75, 3.05) is 13.1 Å². The van der Waals surface area contributed by atoms with Crippen LogP contribution in [0.25, 0.3) is 0 Å². The lowest BCUT2D eigenvalue weighted by atomic mass is 10.4. The molecule has 5 heteroatoms. The predicted molar refractivity (Wildman–Crippen MR) is 39.7 cm³/mol. The van der Waals surface area contributed by atoms with Gasteiger partial charge in [-0.05, 0) is 19.5 Å². The summed E-state index contributed by atoms with van der Waals surface area (Å²) in [5.74, 6) is 0.682. The summed E-state index contributed by atoms with van der Waals surface area (Å²) in [5.41, 5.74) is 5.30. The van der Waals surface area contributed by atoms with Gasteiger partial charge in [0.25, 0.3) is 0 Å². The molecule has 1 aromatic heterocycles. The number of nitrogens with one attached hydrogen (secondary N) is 1. The molecule has 0 aliphatic heterocycles. The molecule has 0 aromatic carbocycles. The SMILES string of the molecule is NCCCNCc1ncon1. The van der Waals surface area contributed by atoms with Crippen molar-refractivity contribution in [2.45, 2.75) is 13.0 Å². The summed E-state index contributed by atoms with van der Waals surface area (Å²) < 4.78 is 4.55. The second-order valence-corrected chi connectivity index (χ2v) is 2.17. The van der Waals surface area contributed by atoms with Gasteiger partial charge in [-0.2, -0.15) is 4.98 Å². The normalized spacial score (nSPS) is 10.3. The van der Waals surface area contributed by atoms with E-state index in [-0.39, 0.29) is 0 Å². The van der Waals surface area contributed by atoms with Crippen LogP contribution >= 0.6 is 0 Å². The maximum Gasteiger partial charge on any atom is 0.213 e. The molecule has 11 heavy (non-hydrogen) atoms. The maximum atomic E-state index is 5.30. The zero-order valence-corrected chi connectivity index (χ0v) is 6.29. The van der Waals surface area contributed by atoms with E-state index in [4.69, 9.17) is 5.73 Å². The van der Waals surface area contributed by atoms with E-state index in [1.807, 2.05) is 0 Å². The molecule has 0 atom stereocenters. The quantitative estimate of drug-likeness (QED) is 0.562. The van der Waals surface area contributed by atoms with Crippen molar-refractivity contribution >= 4 is 0 Å². The van der Waals surface area contributed by atoms with Crippen LogP contribution in [0.15, 0.2) is 10.9 Å². The summed E-state index contributed by atoms with van der Waals surface area (Å²) in [6, 6.07) is 0. The van der Waals surface area contributed by atoms with Gasteiger partial charge in [-0.3, -0.25) is 0 Å². The predicted octanol–water partition coefficient (Wildman–Crippen LogP) is -0.492. The van der Waals surface area contributed by atoms with Crippen molar-refractivity contribution in [3.05, 3.63) is 12.2 Å².